The lowest BCUT2D eigenvalue weighted by molar-refractivity contribution is 0.415. The Bertz CT molecular complexity index is 924. The normalized spacial score (nSPS) is 11.0. The molecule has 0 radical (unpaired) electrons. The summed E-state index contributed by atoms with van der Waals surface area (Å²) in [7, 11) is 3.27. The summed E-state index contributed by atoms with van der Waals surface area (Å²) in [6, 6.07) is 13.5. The van der Waals surface area contributed by atoms with Crippen molar-refractivity contribution >= 4 is 10.8 Å². The first-order chi connectivity index (χ1) is 11.6. The van der Waals surface area contributed by atoms with Crippen LogP contribution < -0.4 is 15.0 Å². The maximum Gasteiger partial charge on any atom is 0.252 e. The molecule has 4 heteroatoms. The minimum atomic E-state index is -0.0761. The number of aromatic nitrogens is 1. The molecule has 0 amide bonds. The Kier molecular flexibility index (Phi) is 4.30. The second kappa shape index (κ2) is 6.40. The second-order valence-corrected chi connectivity index (χ2v) is 6.01. The lowest BCUT2D eigenvalue weighted by atomic mass is 9.94. The van der Waals surface area contributed by atoms with Gasteiger partial charge in [0.25, 0.3) is 5.56 Å². The molecule has 0 aliphatic rings. The van der Waals surface area contributed by atoms with E-state index in [1.807, 2.05) is 56.3 Å². The maximum absolute atomic E-state index is 12.7. The van der Waals surface area contributed by atoms with Crippen LogP contribution >= 0.6 is 0 Å². The number of pyridine rings is 1. The number of aromatic amines is 1. The van der Waals surface area contributed by atoms with Crippen LogP contribution in [0.3, 0.4) is 0 Å². The SMILES string of the molecule is COc1ccc(-c2[nH]c(=O)c(C(C)C)c3c(OC)cccc23)cc1. The summed E-state index contributed by atoms with van der Waals surface area (Å²) in [6.07, 6.45) is 0. The Hall–Kier alpha value is -2.75. The van der Waals surface area contributed by atoms with Crippen molar-refractivity contribution in [2.75, 3.05) is 14.2 Å². The first-order valence-corrected chi connectivity index (χ1v) is 7.94. The highest BCUT2D eigenvalue weighted by Gasteiger charge is 2.18. The Morgan fingerprint density at radius 1 is 0.958 bits per heavy atom. The topological polar surface area (TPSA) is 51.3 Å². The van der Waals surface area contributed by atoms with Crippen molar-refractivity contribution in [3.63, 3.8) is 0 Å². The zero-order valence-electron chi connectivity index (χ0n) is 14.3. The highest BCUT2D eigenvalue weighted by Crippen LogP contribution is 2.35. The number of methoxy groups -OCH3 is 2. The quantitative estimate of drug-likeness (QED) is 0.777. The molecule has 1 aromatic heterocycles. The van der Waals surface area contributed by atoms with Crippen LogP contribution in [-0.4, -0.2) is 19.2 Å². The molecule has 0 fully saturated rings. The molecule has 0 unspecified atom stereocenters. The van der Waals surface area contributed by atoms with Crippen molar-refractivity contribution in [2.24, 2.45) is 0 Å². The van der Waals surface area contributed by atoms with Gasteiger partial charge < -0.3 is 14.5 Å². The standard InChI is InChI=1S/C20H21NO3/c1-12(2)17-18-15(6-5-7-16(18)24-4)19(21-20(17)22)13-8-10-14(23-3)11-9-13/h5-12H,1-4H3,(H,21,22). The lowest BCUT2D eigenvalue weighted by Gasteiger charge is -2.16. The molecule has 0 saturated heterocycles. The van der Waals surface area contributed by atoms with Crippen molar-refractivity contribution in [3.8, 4) is 22.8 Å². The third-order valence-electron chi connectivity index (χ3n) is 4.22. The van der Waals surface area contributed by atoms with E-state index in [4.69, 9.17) is 9.47 Å². The summed E-state index contributed by atoms with van der Waals surface area (Å²) < 4.78 is 10.7. The number of nitrogens with one attached hydrogen (secondary N) is 1. The van der Waals surface area contributed by atoms with Crippen LogP contribution in [0.25, 0.3) is 22.0 Å². The zero-order chi connectivity index (χ0) is 17.3. The monoisotopic (exact) mass is 323 g/mol. The summed E-state index contributed by atoms with van der Waals surface area (Å²) in [5.41, 5.74) is 2.40. The number of ether oxygens (including phenoxy) is 2. The van der Waals surface area contributed by atoms with Crippen LogP contribution in [0.1, 0.15) is 25.3 Å². The fourth-order valence-electron chi connectivity index (χ4n) is 3.09. The third kappa shape index (κ3) is 2.64. The molecule has 24 heavy (non-hydrogen) atoms. The van der Waals surface area contributed by atoms with E-state index in [1.54, 1.807) is 14.2 Å². The van der Waals surface area contributed by atoms with E-state index in [-0.39, 0.29) is 11.5 Å². The van der Waals surface area contributed by atoms with Gasteiger partial charge in [0, 0.05) is 16.3 Å². The fraction of sp³-hybridized carbons (Fsp3) is 0.250. The van der Waals surface area contributed by atoms with Crippen molar-refractivity contribution in [1.82, 2.24) is 4.98 Å². The molecule has 0 aliphatic heterocycles. The molecule has 0 atom stereocenters. The summed E-state index contributed by atoms with van der Waals surface area (Å²) in [5, 5.41) is 1.85. The van der Waals surface area contributed by atoms with Gasteiger partial charge in [0.2, 0.25) is 0 Å². The van der Waals surface area contributed by atoms with E-state index >= 15 is 0 Å². The van der Waals surface area contributed by atoms with E-state index in [0.29, 0.717) is 0 Å². The lowest BCUT2D eigenvalue weighted by Crippen LogP contribution is -2.16. The number of benzene rings is 2. The van der Waals surface area contributed by atoms with Gasteiger partial charge in [-0.05, 0) is 41.8 Å². The zero-order valence-corrected chi connectivity index (χ0v) is 14.3. The van der Waals surface area contributed by atoms with Crippen molar-refractivity contribution < 1.29 is 9.47 Å². The van der Waals surface area contributed by atoms with Crippen molar-refractivity contribution in [1.29, 1.82) is 0 Å². The number of hydrogen-bond acceptors (Lipinski definition) is 3. The van der Waals surface area contributed by atoms with Gasteiger partial charge in [-0.15, -0.1) is 0 Å². The molecule has 3 aromatic rings. The molecule has 1 heterocycles. The van der Waals surface area contributed by atoms with E-state index < -0.39 is 0 Å². The first-order valence-electron chi connectivity index (χ1n) is 7.94. The van der Waals surface area contributed by atoms with E-state index in [1.165, 1.54) is 0 Å². The van der Waals surface area contributed by atoms with Gasteiger partial charge >= 0.3 is 0 Å². The molecule has 0 spiro atoms. The van der Waals surface area contributed by atoms with Gasteiger partial charge in [-0.2, -0.15) is 0 Å². The summed E-state index contributed by atoms with van der Waals surface area (Å²) in [5.74, 6) is 1.59. The van der Waals surface area contributed by atoms with E-state index in [2.05, 4.69) is 4.98 Å². The molecule has 3 rings (SSSR count). The Morgan fingerprint density at radius 2 is 1.67 bits per heavy atom. The number of fused-ring (bicyclic) bond motifs is 1. The molecular weight excluding hydrogens is 302 g/mol. The number of H-pyrrole nitrogens is 1. The number of hydrogen-bond donors (Lipinski definition) is 1. The van der Waals surface area contributed by atoms with Gasteiger partial charge in [-0.25, -0.2) is 0 Å². The van der Waals surface area contributed by atoms with Gasteiger partial charge in [0.05, 0.1) is 19.9 Å². The van der Waals surface area contributed by atoms with Crippen LogP contribution in [0.2, 0.25) is 0 Å². The van der Waals surface area contributed by atoms with Crippen molar-refractivity contribution in [2.45, 2.75) is 19.8 Å². The summed E-state index contributed by atoms with van der Waals surface area (Å²) >= 11 is 0. The highest BCUT2D eigenvalue weighted by atomic mass is 16.5. The Balaban J connectivity index is 2.37. The molecular formula is C20H21NO3. The van der Waals surface area contributed by atoms with E-state index in [9.17, 15) is 4.79 Å². The average Bonchev–Trinajstić information content (AvgIpc) is 2.60. The minimum Gasteiger partial charge on any atom is -0.497 e. The molecule has 4 nitrogen and oxygen atoms in total. The van der Waals surface area contributed by atoms with Crippen LogP contribution in [0, 0.1) is 0 Å². The van der Waals surface area contributed by atoms with E-state index in [0.717, 1.165) is 39.1 Å². The molecule has 0 aliphatic carbocycles. The maximum atomic E-state index is 12.7. The Labute approximate surface area is 141 Å². The molecule has 0 saturated carbocycles. The summed E-state index contributed by atoms with van der Waals surface area (Å²) in [6.45, 7) is 4.03. The molecule has 2 aromatic carbocycles. The average molecular weight is 323 g/mol. The van der Waals surface area contributed by atoms with Gasteiger partial charge in [-0.1, -0.05) is 26.0 Å². The molecule has 0 bridgehead atoms. The Morgan fingerprint density at radius 3 is 2.25 bits per heavy atom. The van der Waals surface area contributed by atoms with Gasteiger partial charge in [0.15, 0.2) is 0 Å². The van der Waals surface area contributed by atoms with Gasteiger partial charge in [-0.3, -0.25) is 4.79 Å². The fourth-order valence-corrected chi connectivity index (χ4v) is 3.09. The molecule has 1 N–H and O–H groups in total. The minimum absolute atomic E-state index is 0.0761. The van der Waals surface area contributed by atoms with Crippen molar-refractivity contribution in [3.05, 3.63) is 58.4 Å². The summed E-state index contributed by atoms with van der Waals surface area (Å²) in [4.78, 5) is 15.8. The van der Waals surface area contributed by atoms with Crippen LogP contribution in [0.4, 0.5) is 0 Å². The smallest absolute Gasteiger partial charge is 0.252 e. The number of rotatable bonds is 4. The van der Waals surface area contributed by atoms with Crippen LogP contribution in [0.15, 0.2) is 47.3 Å². The predicted octanol–water partition coefficient (Wildman–Crippen LogP) is 4.34. The predicted molar refractivity (Wildman–Crippen MR) is 97.2 cm³/mol. The molecule has 124 valence electrons. The van der Waals surface area contributed by atoms with Crippen LogP contribution in [-0.2, 0) is 0 Å². The van der Waals surface area contributed by atoms with Gasteiger partial charge in [0.1, 0.15) is 11.5 Å². The largest absolute Gasteiger partial charge is 0.497 e. The highest BCUT2D eigenvalue weighted by molar-refractivity contribution is 6.00. The second-order valence-electron chi connectivity index (χ2n) is 6.01. The first kappa shape index (κ1) is 16.1. The third-order valence-corrected chi connectivity index (χ3v) is 4.22. The van der Waals surface area contributed by atoms with Crippen LogP contribution in [0.5, 0.6) is 11.5 Å².